The summed E-state index contributed by atoms with van der Waals surface area (Å²) in [6, 6.07) is 0. The van der Waals surface area contributed by atoms with Crippen molar-refractivity contribution in [1.82, 2.24) is 0 Å². The second kappa shape index (κ2) is 8.63. The highest BCUT2D eigenvalue weighted by atomic mass is 27.0. The summed E-state index contributed by atoms with van der Waals surface area (Å²) in [4.78, 5) is 0. The maximum absolute atomic E-state index is 3.97. The zero-order valence-corrected chi connectivity index (χ0v) is 7.69. The van der Waals surface area contributed by atoms with Crippen LogP contribution in [-0.2, 0) is 0 Å². The van der Waals surface area contributed by atoms with E-state index in [4.69, 9.17) is 0 Å². The van der Waals surface area contributed by atoms with E-state index < -0.39 is 0 Å². The first-order valence-electron chi connectivity index (χ1n) is 4.49. The molecule has 0 amide bonds. The molecule has 1 heteroatoms. The van der Waals surface area contributed by atoms with E-state index in [2.05, 4.69) is 27.7 Å². The van der Waals surface area contributed by atoms with Crippen LogP contribution in [0.3, 0.4) is 0 Å². The molecular formula is C10H24Al. The third-order valence-corrected chi connectivity index (χ3v) is 1.93. The lowest BCUT2D eigenvalue weighted by atomic mass is 9.96. The summed E-state index contributed by atoms with van der Waals surface area (Å²) in [6.45, 7) is 10.8. The van der Waals surface area contributed by atoms with Crippen LogP contribution in [0.1, 0.15) is 46.5 Å². The molecule has 0 bridgehead atoms. The molecule has 0 heterocycles. The van der Waals surface area contributed by atoms with E-state index in [1.165, 1.54) is 25.7 Å². The van der Waals surface area contributed by atoms with Crippen molar-refractivity contribution in [3.63, 3.8) is 0 Å². The fraction of sp³-hybridized carbons (Fsp3) is 0.900. The number of rotatable bonds is 5. The smallest absolute Gasteiger partial charge is 0.0654 e. The molecule has 0 saturated carbocycles. The monoisotopic (exact) mass is 171 g/mol. The van der Waals surface area contributed by atoms with Gasteiger partial charge in [-0.25, -0.2) is 0 Å². The lowest BCUT2D eigenvalue weighted by Crippen LogP contribution is -1.96. The third-order valence-electron chi connectivity index (χ3n) is 1.93. The SMILES string of the molecule is [AlH3].[CH2]C(C)CCC(C)CCC. The van der Waals surface area contributed by atoms with Gasteiger partial charge in [-0.05, 0) is 11.8 Å². The first-order valence-corrected chi connectivity index (χ1v) is 4.49. The molecular weight excluding hydrogens is 147 g/mol. The normalized spacial score (nSPS) is 12.8. The molecule has 2 atom stereocenters. The zero-order valence-electron chi connectivity index (χ0n) is 7.69. The minimum Gasteiger partial charge on any atom is -0.0654 e. The maximum Gasteiger partial charge on any atom is 0.187 e. The summed E-state index contributed by atoms with van der Waals surface area (Å²) in [5.41, 5.74) is 0. The quantitative estimate of drug-likeness (QED) is 0.557. The molecule has 67 valence electrons. The van der Waals surface area contributed by atoms with Gasteiger partial charge in [0.1, 0.15) is 0 Å². The van der Waals surface area contributed by atoms with Crippen LogP contribution >= 0.6 is 0 Å². The van der Waals surface area contributed by atoms with Gasteiger partial charge in [-0.3, -0.25) is 0 Å². The Bertz CT molecular complexity index is 69.3. The van der Waals surface area contributed by atoms with Gasteiger partial charge in [0.15, 0.2) is 17.4 Å². The fourth-order valence-electron chi connectivity index (χ4n) is 1.21. The van der Waals surface area contributed by atoms with Crippen LogP contribution in [0, 0.1) is 18.8 Å². The predicted molar refractivity (Wildman–Crippen MR) is 57.8 cm³/mol. The summed E-state index contributed by atoms with van der Waals surface area (Å²) < 4.78 is 0. The summed E-state index contributed by atoms with van der Waals surface area (Å²) in [5, 5.41) is 0. The Labute approximate surface area is 82.9 Å². The van der Waals surface area contributed by atoms with E-state index in [1.807, 2.05) is 0 Å². The molecule has 11 heavy (non-hydrogen) atoms. The van der Waals surface area contributed by atoms with E-state index in [9.17, 15) is 0 Å². The Morgan fingerprint density at radius 3 is 2.00 bits per heavy atom. The van der Waals surface area contributed by atoms with Gasteiger partial charge in [-0.15, -0.1) is 0 Å². The largest absolute Gasteiger partial charge is 0.187 e. The lowest BCUT2D eigenvalue weighted by Gasteiger charge is -2.10. The maximum atomic E-state index is 3.97. The molecule has 0 N–H and O–H groups in total. The van der Waals surface area contributed by atoms with Crippen LogP contribution in [0.5, 0.6) is 0 Å². The number of hydrogen-bond acceptors (Lipinski definition) is 0. The van der Waals surface area contributed by atoms with E-state index in [1.54, 1.807) is 0 Å². The van der Waals surface area contributed by atoms with Gasteiger partial charge < -0.3 is 0 Å². The Hall–Kier alpha value is 0.532. The minimum absolute atomic E-state index is 0. The van der Waals surface area contributed by atoms with Crippen molar-refractivity contribution < 1.29 is 0 Å². The molecule has 0 fully saturated rings. The first kappa shape index (κ1) is 14.1. The molecule has 0 nitrogen and oxygen atoms in total. The van der Waals surface area contributed by atoms with E-state index >= 15 is 0 Å². The van der Waals surface area contributed by atoms with Crippen LogP contribution in [-0.4, -0.2) is 17.4 Å². The molecule has 0 aromatic rings. The van der Waals surface area contributed by atoms with Gasteiger partial charge in [-0.2, -0.15) is 0 Å². The Morgan fingerprint density at radius 2 is 1.64 bits per heavy atom. The van der Waals surface area contributed by atoms with Crippen molar-refractivity contribution in [3.8, 4) is 0 Å². The van der Waals surface area contributed by atoms with E-state index in [-0.39, 0.29) is 17.4 Å². The van der Waals surface area contributed by atoms with Gasteiger partial charge >= 0.3 is 0 Å². The van der Waals surface area contributed by atoms with Crippen molar-refractivity contribution in [3.05, 3.63) is 6.92 Å². The summed E-state index contributed by atoms with van der Waals surface area (Å²) in [6.07, 6.45) is 5.36. The van der Waals surface area contributed by atoms with Gasteiger partial charge in [0.05, 0.1) is 0 Å². The predicted octanol–water partition coefficient (Wildman–Crippen LogP) is 2.49. The molecule has 0 aliphatic carbocycles. The Balaban J connectivity index is 0. The van der Waals surface area contributed by atoms with Gasteiger partial charge in [0.25, 0.3) is 0 Å². The number of hydrogen-bond donors (Lipinski definition) is 0. The van der Waals surface area contributed by atoms with Crippen molar-refractivity contribution in [2.24, 2.45) is 11.8 Å². The highest BCUT2D eigenvalue weighted by Gasteiger charge is 2.01. The second-order valence-electron chi connectivity index (χ2n) is 3.58. The molecule has 0 spiro atoms. The molecule has 1 radical (unpaired) electrons. The summed E-state index contributed by atoms with van der Waals surface area (Å²) in [5.74, 6) is 1.55. The fourth-order valence-corrected chi connectivity index (χ4v) is 1.21. The van der Waals surface area contributed by atoms with Crippen LogP contribution in [0.15, 0.2) is 0 Å². The standard InChI is InChI=1S/C10H21.Al.3H/c1-5-6-10(4)8-7-9(2)3;;;;/h9-10H,2,5-8H2,1,3-4H3;;;;. The van der Waals surface area contributed by atoms with Crippen molar-refractivity contribution in [1.29, 1.82) is 0 Å². The highest BCUT2D eigenvalue weighted by Crippen LogP contribution is 2.15. The average molecular weight is 171 g/mol. The van der Waals surface area contributed by atoms with E-state index in [0.29, 0.717) is 5.92 Å². The molecule has 0 aliphatic rings. The zero-order chi connectivity index (χ0) is 7.98. The van der Waals surface area contributed by atoms with Crippen molar-refractivity contribution >= 4 is 17.4 Å². The van der Waals surface area contributed by atoms with Crippen LogP contribution in [0.25, 0.3) is 0 Å². The molecule has 0 aliphatic heterocycles. The lowest BCUT2D eigenvalue weighted by molar-refractivity contribution is 0.439. The van der Waals surface area contributed by atoms with Crippen LogP contribution in [0.4, 0.5) is 0 Å². The average Bonchev–Trinajstić information content (AvgIpc) is 1.85. The molecule has 0 aromatic carbocycles. The van der Waals surface area contributed by atoms with Crippen LogP contribution in [0.2, 0.25) is 0 Å². The molecule has 0 saturated heterocycles. The van der Waals surface area contributed by atoms with Crippen LogP contribution < -0.4 is 0 Å². The third kappa shape index (κ3) is 10.5. The van der Waals surface area contributed by atoms with Gasteiger partial charge in [-0.1, -0.05) is 53.4 Å². The summed E-state index contributed by atoms with van der Waals surface area (Å²) in [7, 11) is 0. The van der Waals surface area contributed by atoms with Gasteiger partial charge in [0.2, 0.25) is 0 Å². The Kier molecular flexibility index (Phi) is 11.0. The Morgan fingerprint density at radius 1 is 1.09 bits per heavy atom. The second-order valence-corrected chi connectivity index (χ2v) is 3.58. The van der Waals surface area contributed by atoms with Gasteiger partial charge in [0, 0.05) is 0 Å². The molecule has 0 aromatic heterocycles. The highest BCUT2D eigenvalue weighted by molar-refractivity contribution is 5.75. The minimum atomic E-state index is 0. The topological polar surface area (TPSA) is 0 Å². The molecule has 0 rings (SSSR count). The first-order chi connectivity index (χ1) is 4.66. The van der Waals surface area contributed by atoms with Crippen molar-refractivity contribution in [2.75, 3.05) is 0 Å². The van der Waals surface area contributed by atoms with Crippen molar-refractivity contribution in [2.45, 2.75) is 46.5 Å². The van der Waals surface area contributed by atoms with E-state index in [0.717, 1.165) is 5.92 Å². The molecule has 2 unspecified atom stereocenters. The summed E-state index contributed by atoms with van der Waals surface area (Å²) >= 11 is 0.